The second kappa shape index (κ2) is 5.82. The molecular weight excluding hydrogens is 336 g/mol. The summed E-state index contributed by atoms with van der Waals surface area (Å²) in [6, 6.07) is 8.05. The minimum absolute atomic E-state index is 0.270. The van der Waals surface area contributed by atoms with Gasteiger partial charge in [0.05, 0.1) is 0 Å². The SMILES string of the molecule is CN(Cc1cccc(Br)c1)c1nc(Cl)c(C=O)s1. The van der Waals surface area contributed by atoms with Crippen molar-refractivity contribution in [1.82, 2.24) is 4.98 Å². The highest BCUT2D eigenvalue weighted by molar-refractivity contribution is 9.10. The fourth-order valence-electron chi connectivity index (χ4n) is 1.52. The maximum atomic E-state index is 10.7. The van der Waals surface area contributed by atoms with Gasteiger partial charge < -0.3 is 4.90 Å². The van der Waals surface area contributed by atoms with Crippen LogP contribution >= 0.6 is 38.9 Å². The van der Waals surface area contributed by atoms with Crippen molar-refractivity contribution in [3.63, 3.8) is 0 Å². The molecule has 0 fully saturated rings. The Morgan fingerprint density at radius 3 is 2.94 bits per heavy atom. The smallest absolute Gasteiger partial charge is 0.187 e. The van der Waals surface area contributed by atoms with Crippen LogP contribution in [0.4, 0.5) is 5.13 Å². The van der Waals surface area contributed by atoms with Crippen LogP contribution in [-0.4, -0.2) is 18.3 Å². The highest BCUT2D eigenvalue weighted by Crippen LogP contribution is 2.28. The van der Waals surface area contributed by atoms with E-state index in [-0.39, 0.29) is 5.15 Å². The van der Waals surface area contributed by atoms with Gasteiger partial charge in [-0.25, -0.2) is 4.98 Å². The third-order valence-corrected chi connectivity index (χ3v) is 4.33. The fourth-order valence-corrected chi connectivity index (χ4v) is 2.98. The predicted octanol–water partition coefficient (Wildman–Crippen LogP) is 4.01. The Kier molecular flexibility index (Phi) is 4.37. The summed E-state index contributed by atoms with van der Waals surface area (Å²) in [6.07, 6.45) is 0.733. The molecule has 0 saturated carbocycles. The minimum Gasteiger partial charge on any atom is -0.347 e. The van der Waals surface area contributed by atoms with Crippen molar-refractivity contribution >= 4 is 50.3 Å². The summed E-state index contributed by atoms with van der Waals surface area (Å²) >= 11 is 10.6. The molecule has 2 rings (SSSR count). The molecule has 0 amide bonds. The van der Waals surface area contributed by atoms with Crippen molar-refractivity contribution in [2.75, 3.05) is 11.9 Å². The zero-order valence-electron chi connectivity index (χ0n) is 9.56. The number of thiazole rings is 1. The van der Waals surface area contributed by atoms with Crippen LogP contribution in [0.5, 0.6) is 0 Å². The molecule has 18 heavy (non-hydrogen) atoms. The first kappa shape index (κ1) is 13.5. The van der Waals surface area contributed by atoms with E-state index in [9.17, 15) is 4.79 Å². The molecule has 0 bridgehead atoms. The summed E-state index contributed by atoms with van der Waals surface area (Å²) in [5.41, 5.74) is 1.16. The Bertz CT molecular complexity index is 573. The van der Waals surface area contributed by atoms with E-state index in [2.05, 4.69) is 20.9 Å². The Morgan fingerprint density at radius 1 is 1.56 bits per heavy atom. The number of rotatable bonds is 4. The van der Waals surface area contributed by atoms with Gasteiger partial charge in [0, 0.05) is 18.1 Å². The number of anilines is 1. The number of aldehydes is 1. The van der Waals surface area contributed by atoms with Gasteiger partial charge in [-0.05, 0) is 17.7 Å². The van der Waals surface area contributed by atoms with Crippen molar-refractivity contribution < 1.29 is 4.79 Å². The maximum absolute atomic E-state index is 10.7. The number of nitrogens with zero attached hydrogens (tertiary/aromatic N) is 2. The van der Waals surface area contributed by atoms with Gasteiger partial charge in [0.2, 0.25) is 0 Å². The number of benzene rings is 1. The lowest BCUT2D eigenvalue weighted by Gasteiger charge is -2.15. The van der Waals surface area contributed by atoms with Gasteiger partial charge in [0.25, 0.3) is 0 Å². The van der Waals surface area contributed by atoms with E-state index in [1.807, 2.05) is 36.2 Å². The van der Waals surface area contributed by atoms with Crippen LogP contribution < -0.4 is 4.90 Å². The van der Waals surface area contributed by atoms with Crippen molar-refractivity contribution in [3.8, 4) is 0 Å². The molecule has 0 aliphatic carbocycles. The number of hydrogen-bond donors (Lipinski definition) is 0. The molecule has 0 radical (unpaired) electrons. The lowest BCUT2D eigenvalue weighted by Crippen LogP contribution is -2.15. The standard InChI is InChI=1S/C12H10BrClN2OS/c1-16(6-8-3-2-4-9(13)5-8)12-15-11(14)10(7-17)18-12/h2-5,7H,6H2,1H3. The molecule has 0 atom stereocenters. The van der Waals surface area contributed by atoms with Gasteiger partial charge in [-0.1, -0.05) is 51.0 Å². The fraction of sp³-hybridized carbons (Fsp3) is 0.167. The Morgan fingerprint density at radius 2 is 2.33 bits per heavy atom. The van der Waals surface area contributed by atoms with Crippen LogP contribution in [0, 0.1) is 0 Å². The highest BCUT2D eigenvalue weighted by atomic mass is 79.9. The monoisotopic (exact) mass is 344 g/mol. The van der Waals surface area contributed by atoms with E-state index in [1.165, 1.54) is 11.3 Å². The first-order valence-corrected chi connectivity index (χ1v) is 7.16. The van der Waals surface area contributed by atoms with Gasteiger partial charge in [-0.15, -0.1) is 0 Å². The van der Waals surface area contributed by atoms with Gasteiger partial charge in [-0.2, -0.15) is 0 Å². The van der Waals surface area contributed by atoms with E-state index >= 15 is 0 Å². The zero-order chi connectivity index (χ0) is 13.1. The molecule has 0 spiro atoms. The van der Waals surface area contributed by atoms with Crippen molar-refractivity contribution in [2.45, 2.75) is 6.54 Å². The second-order valence-electron chi connectivity index (χ2n) is 3.76. The van der Waals surface area contributed by atoms with Crippen LogP contribution in [0.3, 0.4) is 0 Å². The molecular formula is C12H10BrClN2OS. The topological polar surface area (TPSA) is 33.2 Å². The third-order valence-electron chi connectivity index (χ3n) is 2.34. The summed E-state index contributed by atoms with van der Waals surface area (Å²) in [5.74, 6) is 0. The van der Waals surface area contributed by atoms with Gasteiger partial charge in [0.15, 0.2) is 16.6 Å². The summed E-state index contributed by atoms with van der Waals surface area (Å²) < 4.78 is 1.04. The van der Waals surface area contributed by atoms with Crippen LogP contribution in [0.25, 0.3) is 0 Å². The maximum Gasteiger partial charge on any atom is 0.187 e. The lowest BCUT2D eigenvalue weighted by atomic mass is 10.2. The highest BCUT2D eigenvalue weighted by Gasteiger charge is 2.12. The molecule has 1 aromatic carbocycles. The van der Waals surface area contributed by atoms with Crippen LogP contribution in [0.15, 0.2) is 28.7 Å². The molecule has 3 nitrogen and oxygen atoms in total. The number of aromatic nitrogens is 1. The van der Waals surface area contributed by atoms with E-state index in [0.717, 1.165) is 21.5 Å². The van der Waals surface area contributed by atoms with Crippen LogP contribution in [0.1, 0.15) is 15.2 Å². The molecule has 1 heterocycles. The van der Waals surface area contributed by atoms with E-state index in [4.69, 9.17) is 11.6 Å². The number of carbonyl (C=O) groups excluding carboxylic acids is 1. The van der Waals surface area contributed by atoms with Crippen molar-refractivity contribution in [1.29, 1.82) is 0 Å². The Balaban J connectivity index is 2.16. The Hall–Kier alpha value is -0.910. The lowest BCUT2D eigenvalue weighted by molar-refractivity contribution is 0.112. The zero-order valence-corrected chi connectivity index (χ0v) is 12.7. The largest absolute Gasteiger partial charge is 0.347 e. The van der Waals surface area contributed by atoms with E-state index < -0.39 is 0 Å². The van der Waals surface area contributed by atoms with Crippen LogP contribution in [0.2, 0.25) is 5.15 Å². The molecule has 0 aliphatic rings. The van der Waals surface area contributed by atoms with E-state index in [0.29, 0.717) is 11.4 Å². The molecule has 94 valence electrons. The molecule has 0 saturated heterocycles. The first-order valence-electron chi connectivity index (χ1n) is 5.17. The quantitative estimate of drug-likeness (QED) is 0.785. The molecule has 0 N–H and O–H groups in total. The van der Waals surface area contributed by atoms with Gasteiger partial charge in [-0.3, -0.25) is 4.79 Å². The molecule has 0 aliphatic heterocycles. The molecule has 2 aromatic rings. The van der Waals surface area contributed by atoms with Crippen molar-refractivity contribution in [3.05, 3.63) is 44.3 Å². The average molecular weight is 346 g/mol. The normalized spacial score (nSPS) is 10.4. The number of carbonyl (C=O) groups is 1. The van der Waals surface area contributed by atoms with Crippen molar-refractivity contribution in [2.24, 2.45) is 0 Å². The second-order valence-corrected chi connectivity index (χ2v) is 6.04. The van der Waals surface area contributed by atoms with Gasteiger partial charge >= 0.3 is 0 Å². The minimum atomic E-state index is 0.270. The van der Waals surface area contributed by atoms with Crippen LogP contribution in [-0.2, 0) is 6.54 Å². The summed E-state index contributed by atoms with van der Waals surface area (Å²) in [7, 11) is 1.92. The molecule has 6 heteroatoms. The number of halogens is 2. The molecule has 1 aromatic heterocycles. The van der Waals surface area contributed by atoms with Gasteiger partial charge in [0.1, 0.15) is 4.88 Å². The summed E-state index contributed by atoms with van der Waals surface area (Å²) in [6.45, 7) is 0.710. The third kappa shape index (κ3) is 3.10. The Labute approximate surface area is 123 Å². The van der Waals surface area contributed by atoms with E-state index in [1.54, 1.807) is 0 Å². The summed E-state index contributed by atoms with van der Waals surface area (Å²) in [5, 5.41) is 1.01. The summed E-state index contributed by atoms with van der Waals surface area (Å²) in [4.78, 5) is 17.3. The predicted molar refractivity (Wildman–Crippen MR) is 78.8 cm³/mol. The average Bonchev–Trinajstić information content (AvgIpc) is 2.70. The number of hydrogen-bond acceptors (Lipinski definition) is 4. The molecule has 0 unspecified atom stereocenters. The first-order chi connectivity index (χ1) is 8.60.